The number of carbonyl (C=O) groups excluding carboxylic acids is 1. The minimum absolute atomic E-state index is 0.0304. The molecule has 136 valence electrons. The highest BCUT2D eigenvalue weighted by Crippen LogP contribution is 2.24. The van der Waals surface area contributed by atoms with Crippen LogP contribution in [0.3, 0.4) is 0 Å². The van der Waals surface area contributed by atoms with Crippen molar-refractivity contribution in [1.82, 2.24) is 19.8 Å². The van der Waals surface area contributed by atoms with Crippen LogP contribution < -0.4 is 0 Å². The number of aromatic amines is 1. The fourth-order valence-electron chi connectivity index (χ4n) is 3.15. The second-order valence-corrected chi connectivity index (χ2v) is 7.20. The Morgan fingerprint density at radius 3 is 2.62 bits per heavy atom. The average Bonchev–Trinajstić information content (AvgIpc) is 2.97. The summed E-state index contributed by atoms with van der Waals surface area (Å²) in [6.07, 6.45) is 0. The van der Waals surface area contributed by atoms with E-state index in [-0.39, 0.29) is 11.9 Å². The molecule has 0 aliphatic rings. The molecule has 1 N–H and O–H groups in total. The maximum absolute atomic E-state index is 13.1. The highest BCUT2D eigenvalue weighted by molar-refractivity contribution is 6.31. The monoisotopic (exact) mass is 370 g/mol. The Morgan fingerprint density at radius 2 is 1.92 bits per heavy atom. The number of amides is 1. The summed E-state index contributed by atoms with van der Waals surface area (Å²) in [5, 5.41) is 0.657. The number of nitrogens with one attached hydrogen (secondary N) is 1. The summed E-state index contributed by atoms with van der Waals surface area (Å²) < 4.78 is 0. The highest BCUT2D eigenvalue weighted by atomic mass is 35.5. The third-order valence-electron chi connectivity index (χ3n) is 4.49. The first-order valence-electron chi connectivity index (χ1n) is 8.48. The van der Waals surface area contributed by atoms with Gasteiger partial charge >= 0.3 is 0 Å². The van der Waals surface area contributed by atoms with Crippen molar-refractivity contribution >= 4 is 28.5 Å². The van der Waals surface area contributed by atoms with Crippen molar-refractivity contribution in [3.8, 4) is 0 Å². The zero-order valence-corrected chi connectivity index (χ0v) is 16.2. The van der Waals surface area contributed by atoms with Gasteiger partial charge in [-0.25, -0.2) is 4.98 Å². The maximum Gasteiger partial charge on any atom is 0.244 e. The summed E-state index contributed by atoms with van der Waals surface area (Å²) in [7, 11) is 5.65. The number of carbonyl (C=O) groups is 1. The molecular formula is C20H23ClN4O. The summed E-state index contributed by atoms with van der Waals surface area (Å²) in [5.41, 5.74) is 3.83. The predicted molar refractivity (Wildman–Crippen MR) is 105 cm³/mol. The lowest BCUT2D eigenvalue weighted by Gasteiger charge is -2.29. The lowest BCUT2D eigenvalue weighted by molar-refractivity contribution is -0.135. The molecular weight excluding hydrogens is 348 g/mol. The minimum atomic E-state index is -0.333. The first kappa shape index (κ1) is 18.4. The standard InChI is InChI=1S/C20H23ClN4O/c1-13-7-5-6-8-15(13)19(24(2)3)20(26)25(4)12-18-22-16-10-9-14(21)11-17(16)23-18/h5-11,19H,12H2,1-4H3,(H,22,23)/t19-/m0/s1. The van der Waals surface area contributed by atoms with E-state index in [1.165, 1.54) is 0 Å². The van der Waals surface area contributed by atoms with Crippen LogP contribution in [0.5, 0.6) is 0 Å². The van der Waals surface area contributed by atoms with Crippen LogP contribution in [0.25, 0.3) is 11.0 Å². The van der Waals surface area contributed by atoms with Crippen molar-refractivity contribution in [3.63, 3.8) is 0 Å². The van der Waals surface area contributed by atoms with Gasteiger partial charge in [-0.2, -0.15) is 0 Å². The number of likely N-dealkylation sites (N-methyl/N-ethyl adjacent to an activating group) is 2. The molecule has 0 bridgehead atoms. The van der Waals surface area contributed by atoms with Crippen LogP contribution in [0.1, 0.15) is 23.0 Å². The molecule has 0 aliphatic carbocycles. The molecule has 1 heterocycles. The van der Waals surface area contributed by atoms with Crippen molar-refractivity contribution < 1.29 is 4.79 Å². The van der Waals surface area contributed by atoms with Gasteiger partial charge in [0.1, 0.15) is 11.9 Å². The first-order chi connectivity index (χ1) is 12.4. The summed E-state index contributed by atoms with van der Waals surface area (Å²) in [6.45, 7) is 2.43. The molecule has 0 fully saturated rings. The summed E-state index contributed by atoms with van der Waals surface area (Å²) in [5.74, 6) is 0.767. The summed E-state index contributed by atoms with van der Waals surface area (Å²) in [4.78, 5) is 24.6. The van der Waals surface area contributed by atoms with Gasteiger partial charge in [0.2, 0.25) is 5.91 Å². The minimum Gasteiger partial charge on any atom is -0.340 e. The molecule has 0 saturated carbocycles. The van der Waals surface area contributed by atoms with E-state index in [9.17, 15) is 4.79 Å². The number of H-pyrrole nitrogens is 1. The molecule has 1 aromatic heterocycles. The van der Waals surface area contributed by atoms with E-state index in [0.717, 1.165) is 28.0 Å². The fourth-order valence-corrected chi connectivity index (χ4v) is 3.32. The Bertz CT molecular complexity index is 934. The van der Waals surface area contributed by atoms with Crippen LogP contribution in [0, 0.1) is 6.92 Å². The van der Waals surface area contributed by atoms with Crippen molar-refractivity contribution in [2.75, 3.05) is 21.1 Å². The van der Waals surface area contributed by atoms with Gasteiger partial charge in [0.05, 0.1) is 17.6 Å². The van der Waals surface area contributed by atoms with E-state index in [1.807, 2.05) is 68.4 Å². The van der Waals surface area contributed by atoms with Gasteiger partial charge in [-0.15, -0.1) is 0 Å². The third-order valence-corrected chi connectivity index (χ3v) is 4.72. The Hall–Kier alpha value is -2.37. The molecule has 0 aliphatic heterocycles. The molecule has 1 amide bonds. The molecule has 26 heavy (non-hydrogen) atoms. The quantitative estimate of drug-likeness (QED) is 0.743. The SMILES string of the molecule is Cc1ccccc1[C@@H](C(=O)N(C)Cc1nc2ccc(Cl)cc2[nH]1)N(C)C. The van der Waals surface area contributed by atoms with Crippen LogP contribution in [0.4, 0.5) is 0 Å². The van der Waals surface area contributed by atoms with Crippen molar-refractivity contribution in [2.45, 2.75) is 19.5 Å². The normalized spacial score (nSPS) is 12.5. The maximum atomic E-state index is 13.1. The molecule has 0 unspecified atom stereocenters. The van der Waals surface area contributed by atoms with Crippen LogP contribution in [-0.2, 0) is 11.3 Å². The lowest BCUT2D eigenvalue weighted by atomic mass is 9.99. The number of rotatable bonds is 5. The van der Waals surface area contributed by atoms with Crippen molar-refractivity contribution in [3.05, 3.63) is 64.4 Å². The zero-order chi connectivity index (χ0) is 18.8. The van der Waals surface area contributed by atoms with Crippen LogP contribution in [0.2, 0.25) is 5.02 Å². The topological polar surface area (TPSA) is 52.2 Å². The van der Waals surface area contributed by atoms with E-state index in [1.54, 1.807) is 11.9 Å². The van der Waals surface area contributed by atoms with Gasteiger partial charge in [-0.05, 0) is 50.3 Å². The largest absolute Gasteiger partial charge is 0.340 e. The Morgan fingerprint density at radius 1 is 1.19 bits per heavy atom. The van der Waals surface area contributed by atoms with Crippen LogP contribution in [-0.4, -0.2) is 46.8 Å². The second kappa shape index (κ2) is 7.48. The fraction of sp³-hybridized carbons (Fsp3) is 0.300. The molecule has 1 atom stereocenters. The average molecular weight is 371 g/mol. The Balaban J connectivity index is 1.83. The van der Waals surface area contributed by atoms with Gasteiger partial charge < -0.3 is 9.88 Å². The van der Waals surface area contributed by atoms with E-state index in [2.05, 4.69) is 9.97 Å². The molecule has 0 spiro atoms. The number of imidazole rings is 1. The van der Waals surface area contributed by atoms with Crippen LogP contribution in [0.15, 0.2) is 42.5 Å². The number of hydrogen-bond acceptors (Lipinski definition) is 3. The summed E-state index contributed by atoms with van der Waals surface area (Å²) >= 11 is 6.03. The van der Waals surface area contributed by atoms with E-state index in [4.69, 9.17) is 11.6 Å². The third kappa shape index (κ3) is 3.74. The smallest absolute Gasteiger partial charge is 0.244 e. The molecule has 5 nitrogen and oxygen atoms in total. The number of nitrogens with zero attached hydrogens (tertiary/aromatic N) is 3. The van der Waals surface area contributed by atoms with Gasteiger partial charge in [-0.1, -0.05) is 35.9 Å². The van der Waals surface area contributed by atoms with Gasteiger partial charge in [0.15, 0.2) is 0 Å². The number of halogens is 1. The van der Waals surface area contributed by atoms with E-state index >= 15 is 0 Å². The van der Waals surface area contributed by atoms with Crippen molar-refractivity contribution in [2.24, 2.45) is 0 Å². The highest BCUT2D eigenvalue weighted by Gasteiger charge is 2.27. The number of fused-ring (bicyclic) bond motifs is 1. The van der Waals surface area contributed by atoms with Gasteiger partial charge in [0, 0.05) is 12.1 Å². The zero-order valence-electron chi connectivity index (χ0n) is 15.5. The number of aryl methyl sites for hydroxylation is 1. The number of hydrogen-bond donors (Lipinski definition) is 1. The molecule has 0 radical (unpaired) electrons. The van der Waals surface area contributed by atoms with E-state index < -0.39 is 0 Å². The number of benzene rings is 2. The molecule has 6 heteroatoms. The van der Waals surface area contributed by atoms with Crippen molar-refractivity contribution in [1.29, 1.82) is 0 Å². The van der Waals surface area contributed by atoms with Gasteiger partial charge in [0.25, 0.3) is 0 Å². The van der Waals surface area contributed by atoms with Gasteiger partial charge in [-0.3, -0.25) is 9.69 Å². The molecule has 3 aromatic rings. The number of aromatic nitrogens is 2. The molecule has 2 aromatic carbocycles. The Labute approximate surface area is 158 Å². The first-order valence-corrected chi connectivity index (χ1v) is 8.85. The van der Waals surface area contributed by atoms with E-state index in [0.29, 0.717) is 11.6 Å². The lowest BCUT2D eigenvalue weighted by Crippen LogP contribution is -2.38. The second-order valence-electron chi connectivity index (χ2n) is 6.76. The Kier molecular flexibility index (Phi) is 5.30. The summed E-state index contributed by atoms with van der Waals surface area (Å²) in [6, 6.07) is 13.2. The molecule has 3 rings (SSSR count). The van der Waals surface area contributed by atoms with Crippen LogP contribution >= 0.6 is 11.6 Å². The molecule has 0 saturated heterocycles. The predicted octanol–water partition coefficient (Wildman–Crippen LogP) is 3.79.